The molecule has 6 heteroatoms. The maximum atomic E-state index is 12.1. The second kappa shape index (κ2) is 7.53. The number of rotatable bonds is 2. The Morgan fingerprint density at radius 3 is 2.52 bits per heavy atom. The number of nitrogens with zero attached hydrogens (tertiary/aromatic N) is 3. The average molecular weight is 322 g/mol. The molecule has 1 saturated heterocycles. The van der Waals surface area contributed by atoms with Gasteiger partial charge in [0.05, 0.1) is 17.6 Å². The van der Waals surface area contributed by atoms with Gasteiger partial charge in [-0.2, -0.15) is 0 Å². The van der Waals surface area contributed by atoms with E-state index in [-0.39, 0.29) is 13.5 Å². The predicted molar refractivity (Wildman–Crippen MR) is 94.6 cm³/mol. The largest absolute Gasteiger partial charge is 0.444 e. The Labute approximate surface area is 139 Å². The number of hydrogen-bond donors (Lipinski definition) is 1. The third kappa shape index (κ3) is 5.01. The SMILES string of the molecule is C.CN(c1ccncc1N)C1CCN(C(=O)OC(C)(C)C)CC1. The summed E-state index contributed by atoms with van der Waals surface area (Å²) < 4.78 is 5.42. The lowest BCUT2D eigenvalue weighted by atomic mass is 10.0. The minimum atomic E-state index is -0.448. The molecular formula is C17H30N4O2. The molecular weight excluding hydrogens is 292 g/mol. The van der Waals surface area contributed by atoms with Crippen LogP contribution in [0.25, 0.3) is 0 Å². The van der Waals surface area contributed by atoms with Gasteiger partial charge in [-0.15, -0.1) is 0 Å². The molecule has 0 atom stereocenters. The molecule has 6 nitrogen and oxygen atoms in total. The predicted octanol–water partition coefficient (Wildman–Crippen LogP) is 3.14. The highest BCUT2D eigenvalue weighted by atomic mass is 16.6. The summed E-state index contributed by atoms with van der Waals surface area (Å²) in [5.41, 5.74) is 7.21. The van der Waals surface area contributed by atoms with Crippen molar-refractivity contribution in [2.75, 3.05) is 30.8 Å². The molecule has 0 aromatic carbocycles. The van der Waals surface area contributed by atoms with Gasteiger partial charge < -0.3 is 20.3 Å². The van der Waals surface area contributed by atoms with Crippen LogP contribution in [0.5, 0.6) is 0 Å². The lowest BCUT2D eigenvalue weighted by Crippen LogP contribution is -2.47. The fourth-order valence-corrected chi connectivity index (χ4v) is 2.68. The summed E-state index contributed by atoms with van der Waals surface area (Å²) >= 11 is 0. The van der Waals surface area contributed by atoms with E-state index in [0.29, 0.717) is 24.8 Å². The van der Waals surface area contributed by atoms with E-state index in [1.54, 1.807) is 17.3 Å². The normalized spacial score (nSPS) is 15.7. The standard InChI is InChI=1S/C16H26N4O2.CH4/c1-16(2,3)22-15(21)20-9-6-12(7-10-20)19(4)14-5-8-18-11-13(14)17;/h5,8,11-12H,6-7,9-10,17H2,1-4H3;1H4. The van der Waals surface area contributed by atoms with Crippen molar-refractivity contribution in [3.63, 3.8) is 0 Å². The summed E-state index contributed by atoms with van der Waals surface area (Å²) in [5, 5.41) is 0. The van der Waals surface area contributed by atoms with Gasteiger partial charge in [0, 0.05) is 32.4 Å². The number of carbonyl (C=O) groups excluding carboxylic acids is 1. The van der Waals surface area contributed by atoms with Crippen LogP contribution in [0.15, 0.2) is 18.5 Å². The van der Waals surface area contributed by atoms with Crippen molar-refractivity contribution in [3.8, 4) is 0 Å². The van der Waals surface area contributed by atoms with Crippen LogP contribution in [0, 0.1) is 0 Å². The molecule has 2 N–H and O–H groups in total. The topological polar surface area (TPSA) is 71.7 Å². The van der Waals surface area contributed by atoms with Gasteiger partial charge in [0.2, 0.25) is 0 Å². The van der Waals surface area contributed by atoms with Crippen LogP contribution in [0.2, 0.25) is 0 Å². The summed E-state index contributed by atoms with van der Waals surface area (Å²) in [6.45, 7) is 7.07. The molecule has 2 heterocycles. The molecule has 0 aliphatic carbocycles. The Balaban J connectivity index is 0.00000264. The molecule has 23 heavy (non-hydrogen) atoms. The van der Waals surface area contributed by atoms with E-state index in [1.165, 1.54) is 0 Å². The summed E-state index contributed by atoms with van der Waals surface area (Å²) in [7, 11) is 2.04. The first-order chi connectivity index (χ1) is 10.3. The maximum absolute atomic E-state index is 12.1. The van der Waals surface area contributed by atoms with Crippen molar-refractivity contribution in [1.29, 1.82) is 0 Å². The zero-order valence-electron chi connectivity index (χ0n) is 13.9. The third-order valence-corrected chi connectivity index (χ3v) is 3.87. The van der Waals surface area contributed by atoms with Gasteiger partial charge in [-0.3, -0.25) is 4.98 Å². The van der Waals surface area contributed by atoms with Crippen molar-refractivity contribution in [2.24, 2.45) is 0 Å². The number of anilines is 2. The van der Waals surface area contributed by atoms with E-state index in [0.717, 1.165) is 18.5 Å². The molecule has 0 spiro atoms. The summed E-state index contributed by atoms with van der Waals surface area (Å²) in [6.07, 6.45) is 4.99. The number of ether oxygens (including phenoxy) is 1. The number of aromatic nitrogens is 1. The summed E-state index contributed by atoms with van der Waals surface area (Å²) in [4.78, 5) is 20.1. The Bertz CT molecular complexity index is 520. The van der Waals surface area contributed by atoms with E-state index in [4.69, 9.17) is 10.5 Å². The van der Waals surface area contributed by atoms with Crippen LogP contribution in [0.1, 0.15) is 41.0 Å². The first-order valence-electron chi connectivity index (χ1n) is 7.68. The number of pyridine rings is 1. The van der Waals surface area contributed by atoms with Gasteiger partial charge in [0.25, 0.3) is 0 Å². The van der Waals surface area contributed by atoms with Crippen LogP contribution in [0.3, 0.4) is 0 Å². The van der Waals surface area contributed by atoms with Crippen molar-refractivity contribution in [3.05, 3.63) is 18.5 Å². The van der Waals surface area contributed by atoms with Crippen LogP contribution in [-0.4, -0.2) is 47.8 Å². The summed E-state index contributed by atoms with van der Waals surface area (Å²) in [5.74, 6) is 0. The lowest BCUT2D eigenvalue weighted by Gasteiger charge is -2.38. The molecule has 0 unspecified atom stereocenters. The van der Waals surface area contributed by atoms with Crippen molar-refractivity contribution < 1.29 is 9.53 Å². The highest BCUT2D eigenvalue weighted by Crippen LogP contribution is 2.26. The molecule has 1 aliphatic heterocycles. The van der Waals surface area contributed by atoms with Crippen LogP contribution in [0.4, 0.5) is 16.2 Å². The molecule has 1 aliphatic rings. The molecule has 130 valence electrons. The van der Waals surface area contributed by atoms with Gasteiger partial charge in [-0.05, 0) is 39.7 Å². The Morgan fingerprint density at radius 2 is 2.00 bits per heavy atom. The Hall–Kier alpha value is -1.98. The van der Waals surface area contributed by atoms with Gasteiger partial charge in [0.15, 0.2) is 0 Å². The first-order valence-corrected chi connectivity index (χ1v) is 7.68. The Morgan fingerprint density at radius 1 is 1.39 bits per heavy atom. The number of likely N-dealkylation sites (tertiary alicyclic amines) is 1. The smallest absolute Gasteiger partial charge is 0.410 e. The number of nitrogens with two attached hydrogens (primary N) is 1. The van der Waals surface area contributed by atoms with E-state index in [9.17, 15) is 4.79 Å². The molecule has 1 aromatic rings. The molecule has 0 saturated carbocycles. The molecule has 1 fully saturated rings. The van der Waals surface area contributed by atoms with Gasteiger partial charge in [0.1, 0.15) is 5.60 Å². The zero-order chi connectivity index (χ0) is 16.3. The monoisotopic (exact) mass is 322 g/mol. The minimum Gasteiger partial charge on any atom is -0.444 e. The fraction of sp³-hybridized carbons (Fsp3) is 0.647. The average Bonchev–Trinajstić information content (AvgIpc) is 2.45. The Kier molecular flexibility index (Phi) is 6.24. The second-order valence-electron chi connectivity index (χ2n) is 6.74. The number of hydrogen-bond acceptors (Lipinski definition) is 5. The van der Waals surface area contributed by atoms with Crippen molar-refractivity contribution >= 4 is 17.5 Å². The first kappa shape index (κ1) is 19.1. The number of amides is 1. The number of nitrogen functional groups attached to an aromatic ring is 1. The minimum absolute atomic E-state index is 0. The zero-order valence-corrected chi connectivity index (χ0v) is 13.9. The molecule has 0 bridgehead atoms. The quantitative estimate of drug-likeness (QED) is 0.905. The van der Waals surface area contributed by atoms with Crippen LogP contribution in [-0.2, 0) is 4.74 Å². The number of piperidine rings is 1. The van der Waals surface area contributed by atoms with Crippen molar-refractivity contribution in [2.45, 2.75) is 52.7 Å². The number of carbonyl (C=O) groups is 1. The highest BCUT2D eigenvalue weighted by molar-refractivity contribution is 5.69. The van der Waals surface area contributed by atoms with E-state index in [1.807, 2.05) is 33.9 Å². The van der Waals surface area contributed by atoms with E-state index >= 15 is 0 Å². The molecule has 0 radical (unpaired) electrons. The van der Waals surface area contributed by atoms with Crippen molar-refractivity contribution in [1.82, 2.24) is 9.88 Å². The lowest BCUT2D eigenvalue weighted by molar-refractivity contribution is 0.0205. The maximum Gasteiger partial charge on any atom is 0.410 e. The fourth-order valence-electron chi connectivity index (χ4n) is 2.68. The van der Waals surface area contributed by atoms with Crippen LogP contribution >= 0.6 is 0 Å². The van der Waals surface area contributed by atoms with Crippen LogP contribution < -0.4 is 10.6 Å². The van der Waals surface area contributed by atoms with E-state index in [2.05, 4.69) is 9.88 Å². The second-order valence-corrected chi connectivity index (χ2v) is 6.74. The van der Waals surface area contributed by atoms with E-state index < -0.39 is 5.60 Å². The third-order valence-electron chi connectivity index (χ3n) is 3.87. The molecule has 2 rings (SSSR count). The molecule has 1 amide bonds. The highest BCUT2D eigenvalue weighted by Gasteiger charge is 2.28. The van der Waals surface area contributed by atoms with Gasteiger partial charge in [-0.25, -0.2) is 4.79 Å². The van der Waals surface area contributed by atoms with Gasteiger partial charge in [-0.1, -0.05) is 7.43 Å². The summed E-state index contributed by atoms with van der Waals surface area (Å²) in [6, 6.07) is 2.29. The molecule has 1 aromatic heterocycles. The van der Waals surface area contributed by atoms with Gasteiger partial charge >= 0.3 is 6.09 Å².